The van der Waals surface area contributed by atoms with Gasteiger partial charge >= 0.3 is 0 Å². The molecule has 0 aliphatic carbocycles. The Morgan fingerprint density at radius 3 is 2.62 bits per heavy atom. The summed E-state index contributed by atoms with van der Waals surface area (Å²) in [5.74, 6) is 0.435. The lowest BCUT2D eigenvalue weighted by molar-refractivity contribution is -0.120. The lowest BCUT2D eigenvalue weighted by Gasteiger charge is -2.36. The summed E-state index contributed by atoms with van der Waals surface area (Å²) in [6.45, 7) is 2.12. The number of aryl methyl sites for hydroxylation is 1. The summed E-state index contributed by atoms with van der Waals surface area (Å²) in [6.07, 6.45) is 7.54. The first-order valence-electron chi connectivity index (χ1n) is 5.96. The molecule has 2 aliphatic heterocycles. The molecule has 3 heteroatoms. The van der Waals surface area contributed by atoms with Crippen LogP contribution in [0, 0.1) is 6.92 Å². The number of ketones is 1. The van der Waals surface area contributed by atoms with Crippen molar-refractivity contribution in [1.82, 2.24) is 4.98 Å². The Bertz CT molecular complexity index is 414. The second-order valence-electron chi connectivity index (χ2n) is 4.90. The van der Waals surface area contributed by atoms with E-state index in [9.17, 15) is 4.79 Å². The first-order chi connectivity index (χ1) is 7.75. The maximum Gasteiger partial charge on any atom is 0.137 e. The summed E-state index contributed by atoms with van der Waals surface area (Å²) in [6, 6.07) is 2.90. The molecule has 84 valence electrons. The van der Waals surface area contributed by atoms with Crippen LogP contribution in [0.5, 0.6) is 0 Å². The maximum absolute atomic E-state index is 11.5. The number of piperidine rings is 1. The van der Waals surface area contributed by atoms with Gasteiger partial charge in [-0.2, -0.15) is 0 Å². The van der Waals surface area contributed by atoms with Gasteiger partial charge in [0.25, 0.3) is 0 Å². The highest BCUT2D eigenvalue weighted by Gasteiger charge is 2.40. The number of hydrogen-bond acceptors (Lipinski definition) is 3. The van der Waals surface area contributed by atoms with Gasteiger partial charge in [-0.3, -0.25) is 9.78 Å². The van der Waals surface area contributed by atoms with E-state index in [4.69, 9.17) is 0 Å². The van der Waals surface area contributed by atoms with Crippen molar-refractivity contribution in [2.24, 2.45) is 0 Å². The minimum absolute atomic E-state index is 0.425. The summed E-state index contributed by atoms with van der Waals surface area (Å²) in [5.41, 5.74) is 2.49. The molecule has 0 saturated carbocycles. The number of pyridine rings is 1. The van der Waals surface area contributed by atoms with Crippen molar-refractivity contribution < 1.29 is 4.79 Å². The molecule has 0 N–H and O–H groups in total. The number of carbonyl (C=O) groups is 1. The molecule has 2 fully saturated rings. The van der Waals surface area contributed by atoms with Crippen LogP contribution < -0.4 is 4.90 Å². The SMILES string of the molecule is Cc1ccncc1N1C2CCC1CC(=O)C2. The zero-order chi connectivity index (χ0) is 11.1. The number of nitrogens with zero attached hydrogens (tertiary/aromatic N) is 2. The van der Waals surface area contributed by atoms with E-state index >= 15 is 0 Å². The van der Waals surface area contributed by atoms with E-state index in [1.165, 1.54) is 11.3 Å². The van der Waals surface area contributed by atoms with Gasteiger partial charge in [-0.25, -0.2) is 0 Å². The molecule has 3 rings (SSSR count). The van der Waals surface area contributed by atoms with Gasteiger partial charge in [0.1, 0.15) is 5.78 Å². The summed E-state index contributed by atoms with van der Waals surface area (Å²) < 4.78 is 0. The van der Waals surface area contributed by atoms with Crippen molar-refractivity contribution in [1.29, 1.82) is 0 Å². The van der Waals surface area contributed by atoms with Crippen molar-refractivity contribution >= 4 is 11.5 Å². The molecule has 0 spiro atoms. The molecule has 1 aromatic heterocycles. The Labute approximate surface area is 95.5 Å². The van der Waals surface area contributed by atoms with Crippen LogP contribution in [0.4, 0.5) is 5.69 Å². The van der Waals surface area contributed by atoms with Crippen LogP contribution in [-0.2, 0) is 4.79 Å². The topological polar surface area (TPSA) is 33.2 Å². The number of hydrogen-bond donors (Lipinski definition) is 0. The van der Waals surface area contributed by atoms with E-state index < -0.39 is 0 Å². The summed E-state index contributed by atoms with van der Waals surface area (Å²) >= 11 is 0. The van der Waals surface area contributed by atoms with Gasteiger partial charge in [0.15, 0.2) is 0 Å². The minimum Gasteiger partial charge on any atom is -0.363 e. The Kier molecular flexibility index (Phi) is 2.20. The molecule has 2 aliphatic rings. The number of Topliss-reactive ketones (excluding diaryl/α,β-unsaturated/α-hetero) is 1. The molecule has 16 heavy (non-hydrogen) atoms. The molecule has 3 heterocycles. The molecule has 2 unspecified atom stereocenters. The summed E-state index contributed by atoms with van der Waals surface area (Å²) in [7, 11) is 0. The lowest BCUT2D eigenvalue weighted by atomic mass is 10.00. The Morgan fingerprint density at radius 2 is 2.00 bits per heavy atom. The number of aromatic nitrogens is 1. The first-order valence-corrected chi connectivity index (χ1v) is 5.96. The third-order valence-electron chi connectivity index (χ3n) is 3.84. The third kappa shape index (κ3) is 1.42. The average molecular weight is 216 g/mol. The van der Waals surface area contributed by atoms with E-state index in [1.54, 1.807) is 0 Å². The highest BCUT2D eigenvalue weighted by molar-refractivity contribution is 5.83. The second-order valence-corrected chi connectivity index (χ2v) is 4.90. The van der Waals surface area contributed by atoms with Gasteiger partial charge in [0, 0.05) is 31.1 Å². The van der Waals surface area contributed by atoms with Crippen LogP contribution in [0.3, 0.4) is 0 Å². The standard InChI is InChI=1S/C13H16N2O/c1-9-4-5-14-8-13(9)15-10-2-3-11(15)7-12(16)6-10/h4-5,8,10-11H,2-3,6-7H2,1H3. The molecule has 3 nitrogen and oxygen atoms in total. The van der Waals surface area contributed by atoms with Crippen LogP contribution in [0.15, 0.2) is 18.5 Å². The van der Waals surface area contributed by atoms with Crippen LogP contribution in [0.1, 0.15) is 31.2 Å². The fourth-order valence-corrected chi connectivity index (χ4v) is 3.09. The van der Waals surface area contributed by atoms with Gasteiger partial charge in [0.2, 0.25) is 0 Å². The molecule has 0 aromatic carbocycles. The van der Waals surface area contributed by atoms with Gasteiger partial charge < -0.3 is 4.90 Å². The van der Waals surface area contributed by atoms with Crippen LogP contribution in [0.2, 0.25) is 0 Å². The van der Waals surface area contributed by atoms with E-state index in [0.29, 0.717) is 17.9 Å². The Hall–Kier alpha value is -1.38. The van der Waals surface area contributed by atoms with Crippen molar-refractivity contribution in [3.63, 3.8) is 0 Å². The molecular weight excluding hydrogens is 200 g/mol. The predicted molar refractivity (Wildman–Crippen MR) is 62.5 cm³/mol. The number of rotatable bonds is 1. The largest absolute Gasteiger partial charge is 0.363 e. The Balaban J connectivity index is 1.97. The molecule has 1 aromatic rings. The molecule has 2 bridgehead atoms. The van der Waals surface area contributed by atoms with Gasteiger partial charge in [0.05, 0.1) is 11.9 Å². The smallest absolute Gasteiger partial charge is 0.137 e. The van der Waals surface area contributed by atoms with E-state index in [-0.39, 0.29) is 0 Å². The molecule has 0 amide bonds. The van der Waals surface area contributed by atoms with Crippen molar-refractivity contribution in [3.05, 3.63) is 24.0 Å². The average Bonchev–Trinajstić information content (AvgIpc) is 2.53. The van der Waals surface area contributed by atoms with E-state index in [2.05, 4.69) is 16.8 Å². The van der Waals surface area contributed by atoms with E-state index in [1.807, 2.05) is 18.5 Å². The highest BCUT2D eigenvalue weighted by Crippen LogP contribution is 2.38. The Morgan fingerprint density at radius 1 is 1.31 bits per heavy atom. The van der Waals surface area contributed by atoms with Crippen molar-refractivity contribution in [3.8, 4) is 0 Å². The maximum atomic E-state index is 11.5. The fourth-order valence-electron chi connectivity index (χ4n) is 3.09. The van der Waals surface area contributed by atoms with Crippen molar-refractivity contribution in [2.45, 2.75) is 44.7 Å². The fraction of sp³-hybridized carbons (Fsp3) is 0.538. The molecule has 2 atom stereocenters. The normalized spacial score (nSPS) is 28.6. The summed E-state index contributed by atoms with van der Waals surface area (Å²) in [4.78, 5) is 18.2. The van der Waals surface area contributed by atoms with Crippen LogP contribution in [-0.4, -0.2) is 22.9 Å². The molecular formula is C13H16N2O. The zero-order valence-corrected chi connectivity index (χ0v) is 9.52. The number of carbonyl (C=O) groups excluding carboxylic acids is 1. The second kappa shape index (κ2) is 3.58. The van der Waals surface area contributed by atoms with Gasteiger partial charge in [-0.05, 0) is 31.4 Å². The highest BCUT2D eigenvalue weighted by atomic mass is 16.1. The predicted octanol–water partition coefficient (Wildman–Crippen LogP) is 2.09. The van der Waals surface area contributed by atoms with E-state index in [0.717, 1.165) is 25.7 Å². The summed E-state index contributed by atoms with van der Waals surface area (Å²) in [5, 5.41) is 0. The zero-order valence-electron chi connectivity index (χ0n) is 9.52. The third-order valence-corrected chi connectivity index (χ3v) is 3.84. The number of anilines is 1. The van der Waals surface area contributed by atoms with Gasteiger partial charge in [-0.1, -0.05) is 0 Å². The quantitative estimate of drug-likeness (QED) is 0.720. The minimum atomic E-state index is 0.425. The number of fused-ring (bicyclic) bond motifs is 2. The molecule has 0 radical (unpaired) electrons. The lowest BCUT2D eigenvalue weighted by Crippen LogP contribution is -2.43. The van der Waals surface area contributed by atoms with Gasteiger partial charge in [-0.15, -0.1) is 0 Å². The molecule has 2 saturated heterocycles. The van der Waals surface area contributed by atoms with Crippen molar-refractivity contribution in [2.75, 3.05) is 4.90 Å². The first kappa shape index (κ1) is 9.82. The van der Waals surface area contributed by atoms with Crippen LogP contribution in [0.25, 0.3) is 0 Å². The monoisotopic (exact) mass is 216 g/mol. The van der Waals surface area contributed by atoms with Crippen LogP contribution >= 0.6 is 0 Å².